The molecule has 0 bridgehead atoms. The van der Waals surface area contributed by atoms with Crippen molar-refractivity contribution in [3.05, 3.63) is 48.0 Å². The van der Waals surface area contributed by atoms with Crippen LogP contribution < -0.4 is 29.6 Å². The number of hydrogen-bond donors (Lipinski definition) is 3. The lowest BCUT2D eigenvalue weighted by Crippen LogP contribution is -2.38. The van der Waals surface area contributed by atoms with Crippen LogP contribution in [0.15, 0.2) is 42.5 Å². The van der Waals surface area contributed by atoms with Crippen molar-refractivity contribution in [3.8, 4) is 23.0 Å². The van der Waals surface area contributed by atoms with Crippen LogP contribution in [-0.2, 0) is 9.59 Å². The van der Waals surface area contributed by atoms with E-state index in [2.05, 4.69) is 10.6 Å². The van der Waals surface area contributed by atoms with E-state index >= 15 is 0 Å². The fraction of sp³-hybridized carbons (Fsp3) is 0.364. The van der Waals surface area contributed by atoms with Gasteiger partial charge in [-0.15, -0.1) is 0 Å². The van der Waals surface area contributed by atoms with Crippen LogP contribution in [0, 0.1) is 0 Å². The Morgan fingerprint density at radius 1 is 1.10 bits per heavy atom. The van der Waals surface area contributed by atoms with Crippen molar-refractivity contribution in [1.29, 1.82) is 0 Å². The van der Waals surface area contributed by atoms with Gasteiger partial charge in [0.25, 0.3) is 0 Å². The molecule has 166 valence electrons. The summed E-state index contributed by atoms with van der Waals surface area (Å²) < 4.78 is 21.2. The first kappa shape index (κ1) is 22.2. The van der Waals surface area contributed by atoms with Gasteiger partial charge in [-0.3, -0.25) is 9.59 Å². The minimum atomic E-state index is -0.908. The quantitative estimate of drug-likeness (QED) is 0.524. The van der Waals surface area contributed by atoms with E-state index in [0.29, 0.717) is 23.0 Å². The van der Waals surface area contributed by atoms with E-state index in [1.807, 2.05) is 0 Å². The van der Waals surface area contributed by atoms with E-state index in [4.69, 9.17) is 18.9 Å². The highest BCUT2D eigenvalue weighted by molar-refractivity contribution is 5.79. The Bertz CT molecular complexity index is 901. The van der Waals surface area contributed by atoms with Crippen molar-refractivity contribution in [3.63, 3.8) is 0 Å². The molecule has 0 aromatic heterocycles. The maximum Gasteiger partial charge on any atom is 0.231 e. The molecule has 2 aromatic carbocycles. The summed E-state index contributed by atoms with van der Waals surface area (Å²) in [6.07, 6.45) is -0.878. The molecule has 0 spiro atoms. The Kier molecular flexibility index (Phi) is 7.55. The second kappa shape index (κ2) is 10.5. The Hall–Kier alpha value is -3.46. The van der Waals surface area contributed by atoms with Crippen molar-refractivity contribution < 1.29 is 33.6 Å². The molecule has 31 heavy (non-hydrogen) atoms. The zero-order valence-corrected chi connectivity index (χ0v) is 17.4. The van der Waals surface area contributed by atoms with Gasteiger partial charge in [-0.2, -0.15) is 0 Å². The normalized spacial score (nSPS) is 13.8. The summed E-state index contributed by atoms with van der Waals surface area (Å²) in [7, 11) is 1.56. The molecule has 3 N–H and O–H groups in total. The van der Waals surface area contributed by atoms with Crippen LogP contribution in [0.2, 0.25) is 0 Å². The predicted molar refractivity (Wildman–Crippen MR) is 111 cm³/mol. The predicted octanol–water partition coefficient (Wildman–Crippen LogP) is 1.55. The Labute approximate surface area is 180 Å². The molecule has 2 unspecified atom stereocenters. The highest BCUT2D eigenvalue weighted by atomic mass is 16.7. The second-order valence-corrected chi connectivity index (χ2v) is 7.01. The molecule has 0 saturated carbocycles. The smallest absolute Gasteiger partial charge is 0.231 e. The summed E-state index contributed by atoms with van der Waals surface area (Å²) in [6, 6.07) is 11.7. The number of rotatable bonds is 10. The molecular formula is C22H26N2O7. The molecule has 1 heterocycles. The summed E-state index contributed by atoms with van der Waals surface area (Å²) in [5.41, 5.74) is 0.776. The van der Waals surface area contributed by atoms with E-state index in [9.17, 15) is 14.7 Å². The van der Waals surface area contributed by atoms with Crippen LogP contribution in [0.4, 0.5) is 0 Å². The molecule has 2 aromatic rings. The van der Waals surface area contributed by atoms with E-state index in [-0.39, 0.29) is 38.2 Å². The lowest BCUT2D eigenvalue weighted by Gasteiger charge is -2.19. The third kappa shape index (κ3) is 6.51. The minimum Gasteiger partial charge on any atom is -0.497 e. The summed E-state index contributed by atoms with van der Waals surface area (Å²) >= 11 is 0. The molecule has 2 atom stereocenters. The first-order chi connectivity index (χ1) is 14.9. The zero-order valence-electron chi connectivity index (χ0n) is 17.4. The fourth-order valence-electron chi connectivity index (χ4n) is 3.04. The van der Waals surface area contributed by atoms with Gasteiger partial charge in [0.2, 0.25) is 18.6 Å². The molecular weight excluding hydrogens is 404 g/mol. The maximum atomic E-state index is 12.4. The average Bonchev–Trinajstić information content (AvgIpc) is 3.23. The van der Waals surface area contributed by atoms with Gasteiger partial charge in [-0.25, -0.2) is 0 Å². The SMILES string of the molecule is COc1ccc(C(CC(=O)NCC(O)COc2ccc3c(c2)OCO3)NC(C)=O)cc1. The van der Waals surface area contributed by atoms with E-state index in [1.54, 1.807) is 49.6 Å². The summed E-state index contributed by atoms with van der Waals surface area (Å²) in [5, 5.41) is 15.6. The molecule has 3 rings (SSSR count). The number of aliphatic hydroxyl groups excluding tert-OH is 1. The molecule has 0 fully saturated rings. The third-order valence-electron chi connectivity index (χ3n) is 4.61. The number of amides is 2. The van der Waals surface area contributed by atoms with Crippen LogP contribution in [0.5, 0.6) is 23.0 Å². The second-order valence-electron chi connectivity index (χ2n) is 7.01. The maximum absolute atomic E-state index is 12.4. The molecule has 0 saturated heterocycles. The number of benzene rings is 2. The highest BCUT2D eigenvalue weighted by Gasteiger charge is 2.19. The van der Waals surface area contributed by atoms with Crippen molar-refractivity contribution in [2.75, 3.05) is 27.1 Å². The van der Waals surface area contributed by atoms with Crippen LogP contribution in [0.3, 0.4) is 0 Å². The average molecular weight is 430 g/mol. The number of ether oxygens (including phenoxy) is 4. The summed E-state index contributed by atoms with van der Waals surface area (Å²) in [5.74, 6) is 1.89. The van der Waals surface area contributed by atoms with Gasteiger partial charge in [0.1, 0.15) is 24.2 Å². The van der Waals surface area contributed by atoms with Crippen molar-refractivity contribution in [2.45, 2.75) is 25.5 Å². The molecule has 1 aliphatic heterocycles. The minimum absolute atomic E-state index is 0.00642. The number of methoxy groups -OCH3 is 1. The lowest BCUT2D eigenvalue weighted by molar-refractivity contribution is -0.123. The van der Waals surface area contributed by atoms with Gasteiger partial charge in [0.15, 0.2) is 11.5 Å². The standard InChI is InChI=1S/C22H26N2O7/c1-14(25)24-19(15-3-5-17(28-2)6-4-15)10-22(27)23-11-16(26)12-29-18-7-8-20-21(9-18)31-13-30-20/h3-9,16,19,26H,10-13H2,1-2H3,(H,23,27)(H,24,25). The van der Waals surface area contributed by atoms with Gasteiger partial charge in [-0.1, -0.05) is 12.1 Å². The summed E-state index contributed by atoms with van der Waals surface area (Å²) in [4.78, 5) is 23.9. The van der Waals surface area contributed by atoms with E-state index < -0.39 is 12.1 Å². The first-order valence-electron chi connectivity index (χ1n) is 9.83. The lowest BCUT2D eigenvalue weighted by atomic mass is 10.0. The van der Waals surface area contributed by atoms with Gasteiger partial charge >= 0.3 is 0 Å². The largest absolute Gasteiger partial charge is 0.497 e. The Morgan fingerprint density at radius 2 is 1.81 bits per heavy atom. The molecule has 1 aliphatic rings. The molecule has 9 heteroatoms. The number of carbonyl (C=O) groups is 2. The van der Waals surface area contributed by atoms with Gasteiger partial charge in [-0.05, 0) is 29.8 Å². The van der Waals surface area contributed by atoms with Gasteiger partial charge < -0.3 is 34.7 Å². The number of aliphatic hydroxyl groups is 1. The molecule has 0 radical (unpaired) electrons. The highest BCUT2D eigenvalue weighted by Crippen LogP contribution is 2.35. The number of hydrogen-bond acceptors (Lipinski definition) is 7. The summed E-state index contributed by atoms with van der Waals surface area (Å²) in [6.45, 7) is 1.57. The van der Waals surface area contributed by atoms with Gasteiger partial charge in [0.05, 0.1) is 19.6 Å². The van der Waals surface area contributed by atoms with Crippen molar-refractivity contribution >= 4 is 11.8 Å². The van der Waals surface area contributed by atoms with Crippen LogP contribution in [0.1, 0.15) is 24.9 Å². The van der Waals surface area contributed by atoms with E-state index in [0.717, 1.165) is 5.56 Å². The molecule has 2 amide bonds. The van der Waals surface area contributed by atoms with Crippen molar-refractivity contribution in [2.24, 2.45) is 0 Å². The third-order valence-corrected chi connectivity index (χ3v) is 4.61. The molecule has 0 aliphatic carbocycles. The van der Waals surface area contributed by atoms with Crippen LogP contribution in [-0.4, -0.2) is 50.1 Å². The Balaban J connectivity index is 1.46. The van der Waals surface area contributed by atoms with Crippen molar-refractivity contribution in [1.82, 2.24) is 10.6 Å². The van der Waals surface area contributed by atoms with Crippen LogP contribution >= 0.6 is 0 Å². The Morgan fingerprint density at radius 3 is 2.52 bits per heavy atom. The van der Waals surface area contributed by atoms with Crippen LogP contribution in [0.25, 0.3) is 0 Å². The number of fused-ring (bicyclic) bond motifs is 1. The van der Waals surface area contributed by atoms with E-state index in [1.165, 1.54) is 6.92 Å². The topological polar surface area (TPSA) is 115 Å². The number of nitrogens with one attached hydrogen (secondary N) is 2. The van der Waals surface area contributed by atoms with Gasteiger partial charge in [0, 0.05) is 19.5 Å². The number of carbonyl (C=O) groups excluding carboxylic acids is 2. The molecule has 9 nitrogen and oxygen atoms in total. The fourth-order valence-corrected chi connectivity index (χ4v) is 3.04. The zero-order chi connectivity index (χ0) is 22.2. The monoisotopic (exact) mass is 430 g/mol. The first-order valence-corrected chi connectivity index (χ1v) is 9.83.